The summed E-state index contributed by atoms with van der Waals surface area (Å²) in [6.07, 6.45) is 0. The van der Waals surface area contributed by atoms with Crippen LogP contribution >= 0.6 is 11.3 Å². The number of rotatable bonds is 2. The summed E-state index contributed by atoms with van der Waals surface area (Å²) in [6.45, 7) is 5.61. The van der Waals surface area contributed by atoms with Crippen molar-refractivity contribution in [1.29, 1.82) is 0 Å². The van der Waals surface area contributed by atoms with Crippen molar-refractivity contribution >= 4 is 28.3 Å². The maximum absolute atomic E-state index is 11.5. The molecule has 1 rings (SSSR count). The van der Waals surface area contributed by atoms with E-state index in [9.17, 15) is 9.59 Å². The maximum atomic E-state index is 11.5. The Morgan fingerprint density at radius 1 is 1.38 bits per heavy atom. The van der Waals surface area contributed by atoms with E-state index < -0.39 is 5.91 Å². The third kappa shape index (κ3) is 3.54. The first-order valence-electron chi connectivity index (χ1n) is 4.76. The summed E-state index contributed by atoms with van der Waals surface area (Å²) in [5, 5.41) is 7.49. The third-order valence-corrected chi connectivity index (χ3v) is 2.48. The molecule has 5 nitrogen and oxygen atoms in total. The summed E-state index contributed by atoms with van der Waals surface area (Å²) in [4.78, 5) is 22.5. The van der Waals surface area contributed by atoms with Crippen LogP contribution in [0.25, 0.3) is 0 Å². The second-order valence-electron chi connectivity index (χ2n) is 4.36. The van der Waals surface area contributed by atoms with Crippen LogP contribution in [0.3, 0.4) is 0 Å². The molecule has 0 aromatic carbocycles. The Hall–Kier alpha value is -1.56. The molecule has 0 fully saturated rings. The zero-order valence-corrected chi connectivity index (χ0v) is 10.3. The Balaban J connectivity index is 2.70. The highest BCUT2D eigenvalue weighted by Gasteiger charge is 2.16. The fourth-order valence-electron chi connectivity index (χ4n) is 1.08. The van der Waals surface area contributed by atoms with Crippen molar-refractivity contribution < 1.29 is 9.59 Å². The van der Waals surface area contributed by atoms with Gasteiger partial charge in [-0.1, -0.05) is 0 Å². The molecule has 0 unspecified atom stereocenters. The second kappa shape index (κ2) is 4.52. The average molecular weight is 241 g/mol. The van der Waals surface area contributed by atoms with Crippen LogP contribution < -0.4 is 16.4 Å². The van der Waals surface area contributed by atoms with Crippen molar-refractivity contribution in [3.05, 3.63) is 17.0 Å². The van der Waals surface area contributed by atoms with Crippen molar-refractivity contribution in [1.82, 2.24) is 5.32 Å². The highest BCUT2D eigenvalue weighted by molar-refractivity contribution is 7.14. The van der Waals surface area contributed by atoms with Gasteiger partial charge in [-0.3, -0.25) is 10.1 Å². The first-order chi connectivity index (χ1) is 7.29. The van der Waals surface area contributed by atoms with Crippen molar-refractivity contribution in [2.75, 3.05) is 5.32 Å². The Morgan fingerprint density at radius 3 is 2.50 bits per heavy atom. The van der Waals surface area contributed by atoms with Crippen LogP contribution in [0.15, 0.2) is 11.4 Å². The SMILES string of the molecule is CC(C)(C)NC(=O)Nc1sccc1C(N)=O. The zero-order chi connectivity index (χ0) is 12.3. The summed E-state index contributed by atoms with van der Waals surface area (Å²) in [6, 6.07) is 1.23. The number of primary amides is 1. The summed E-state index contributed by atoms with van der Waals surface area (Å²) in [5.41, 5.74) is 5.16. The van der Waals surface area contributed by atoms with E-state index in [0.717, 1.165) is 0 Å². The first-order valence-corrected chi connectivity index (χ1v) is 5.64. The van der Waals surface area contributed by atoms with Gasteiger partial charge in [-0.05, 0) is 32.2 Å². The molecule has 1 aromatic rings. The number of thiophene rings is 1. The Labute approximate surface area is 98.0 Å². The highest BCUT2D eigenvalue weighted by atomic mass is 32.1. The molecule has 0 aliphatic heterocycles. The van der Waals surface area contributed by atoms with Gasteiger partial charge < -0.3 is 11.1 Å². The number of hydrogen-bond donors (Lipinski definition) is 3. The van der Waals surface area contributed by atoms with E-state index in [1.807, 2.05) is 20.8 Å². The predicted octanol–water partition coefficient (Wildman–Crippen LogP) is 1.77. The number of nitrogens with two attached hydrogens (primary N) is 1. The van der Waals surface area contributed by atoms with Gasteiger partial charge >= 0.3 is 6.03 Å². The molecule has 3 amide bonds. The number of urea groups is 1. The van der Waals surface area contributed by atoms with Gasteiger partial charge in [0.15, 0.2) is 0 Å². The minimum atomic E-state index is -0.549. The van der Waals surface area contributed by atoms with Crippen LogP contribution in [0.2, 0.25) is 0 Å². The van der Waals surface area contributed by atoms with Crippen LogP contribution in [-0.4, -0.2) is 17.5 Å². The van der Waals surface area contributed by atoms with Crippen molar-refractivity contribution in [2.24, 2.45) is 5.73 Å². The van der Waals surface area contributed by atoms with Gasteiger partial charge in [-0.25, -0.2) is 4.79 Å². The highest BCUT2D eigenvalue weighted by Crippen LogP contribution is 2.22. The molecule has 88 valence electrons. The lowest BCUT2D eigenvalue weighted by Gasteiger charge is -2.20. The van der Waals surface area contributed by atoms with E-state index in [1.165, 1.54) is 11.3 Å². The Bertz CT molecular complexity index is 406. The molecule has 0 aliphatic carbocycles. The molecule has 1 aromatic heterocycles. The maximum Gasteiger partial charge on any atom is 0.320 e. The van der Waals surface area contributed by atoms with Gasteiger partial charge in [-0.2, -0.15) is 0 Å². The smallest absolute Gasteiger partial charge is 0.320 e. The lowest BCUT2D eigenvalue weighted by Crippen LogP contribution is -2.43. The average Bonchev–Trinajstić information content (AvgIpc) is 2.47. The molecular formula is C10H15N3O2S. The summed E-state index contributed by atoms with van der Waals surface area (Å²) in [7, 11) is 0. The number of carbonyl (C=O) groups is 2. The minimum Gasteiger partial charge on any atom is -0.366 e. The van der Waals surface area contributed by atoms with Crippen molar-refractivity contribution in [2.45, 2.75) is 26.3 Å². The van der Waals surface area contributed by atoms with E-state index >= 15 is 0 Å². The van der Waals surface area contributed by atoms with E-state index in [0.29, 0.717) is 10.6 Å². The number of carbonyl (C=O) groups excluding carboxylic acids is 2. The molecule has 16 heavy (non-hydrogen) atoms. The second-order valence-corrected chi connectivity index (χ2v) is 5.27. The van der Waals surface area contributed by atoms with Gasteiger partial charge in [0.25, 0.3) is 5.91 Å². The fourth-order valence-corrected chi connectivity index (χ4v) is 1.86. The molecule has 0 spiro atoms. The standard InChI is InChI=1S/C10H15N3O2S/c1-10(2,3)13-9(15)12-8-6(7(11)14)4-5-16-8/h4-5H,1-3H3,(H2,11,14)(H2,12,13,15). The predicted molar refractivity (Wildman–Crippen MR) is 64.7 cm³/mol. The summed E-state index contributed by atoms with van der Waals surface area (Å²) in [5.74, 6) is -0.549. The number of amides is 3. The molecule has 0 bridgehead atoms. The van der Waals surface area contributed by atoms with E-state index in [4.69, 9.17) is 5.73 Å². The van der Waals surface area contributed by atoms with Crippen LogP contribution in [0, 0.1) is 0 Å². The third-order valence-electron chi connectivity index (χ3n) is 1.65. The van der Waals surface area contributed by atoms with Gasteiger partial charge in [0, 0.05) is 5.54 Å². The van der Waals surface area contributed by atoms with E-state index in [1.54, 1.807) is 11.4 Å². The normalized spacial score (nSPS) is 10.9. The van der Waals surface area contributed by atoms with Crippen molar-refractivity contribution in [3.8, 4) is 0 Å². The van der Waals surface area contributed by atoms with Gasteiger partial charge in [0.2, 0.25) is 0 Å². The quantitative estimate of drug-likeness (QED) is 0.737. The number of hydrogen-bond acceptors (Lipinski definition) is 3. The molecule has 4 N–H and O–H groups in total. The Kier molecular flexibility index (Phi) is 3.54. The topological polar surface area (TPSA) is 84.2 Å². The Morgan fingerprint density at radius 2 is 2.00 bits per heavy atom. The minimum absolute atomic E-state index is 0.325. The number of nitrogens with one attached hydrogen (secondary N) is 2. The van der Waals surface area contributed by atoms with E-state index in [-0.39, 0.29) is 11.6 Å². The molecule has 0 radical (unpaired) electrons. The van der Waals surface area contributed by atoms with Crippen LogP contribution in [-0.2, 0) is 0 Å². The first kappa shape index (κ1) is 12.5. The van der Waals surface area contributed by atoms with Crippen molar-refractivity contribution in [3.63, 3.8) is 0 Å². The molecule has 0 saturated heterocycles. The van der Waals surface area contributed by atoms with Crippen LogP contribution in [0.4, 0.5) is 9.80 Å². The molecule has 0 atom stereocenters. The van der Waals surface area contributed by atoms with Gasteiger partial charge in [0.05, 0.1) is 5.56 Å². The van der Waals surface area contributed by atoms with Gasteiger partial charge in [0.1, 0.15) is 5.00 Å². The molecule has 6 heteroatoms. The molecule has 0 aliphatic rings. The van der Waals surface area contributed by atoms with Gasteiger partial charge in [-0.15, -0.1) is 11.3 Å². The summed E-state index contributed by atoms with van der Waals surface area (Å²) < 4.78 is 0. The summed E-state index contributed by atoms with van der Waals surface area (Å²) >= 11 is 1.26. The fraction of sp³-hybridized carbons (Fsp3) is 0.400. The zero-order valence-electron chi connectivity index (χ0n) is 9.46. The lowest BCUT2D eigenvalue weighted by molar-refractivity contribution is 0.100. The molecule has 0 saturated carbocycles. The molecule has 1 heterocycles. The van der Waals surface area contributed by atoms with E-state index in [2.05, 4.69) is 10.6 Å². The molecular weight excluding hydrogens is 226 g/mol. The largest absolute Gasteiger partial charge is 0.366 e. The number of anilines is 1. The lowest BCUT2D eigenvalue weighted by atomic mass is 10.1. The monoisotopic (exact) mass is 241 g/mol. The van der Waals surface area contributed by atoms with Crippen LogP contribution in [0.5, 0.6) is 0 Å². The van der Waals surface area contributed by atoms with Crippen LogP contribution in [0.1, 0.15) is 31.1 Å².